The first-order valence-electron chi connectivity index (χ1n) is 10.7. The van der Waals surface area contributed by atoms with Crippen molar-refractivity contribution >= 4 is 16.7 Å². The van der Waals surface area contributed by atoms with Gasteiger partial charge < -0.3 is 14.8 Å². The molecule has 1 atom stereocenters. The number of rotatable bonds is 6. The summed E-state index contributed by atoms with van der Waals surface area (Å²) in [6.45, 7) is 3.71. The van der Waals surface area contributed by atoms with Crippen molar-refractivity contribution in [1.82, 2.24) is 5.32 Å². The van der Waals surface area contributed by atoms with Crippen molar-refractivity contribution in [3.05, 3.63) is 77.6 Å². The molecular formula is C26H28FNO3. The number of fused-ring (bicyclic) bond motifs is 1. The molecule has 31 heavy (non-hydrogen) atoms. The third kappa shape index (κ3) is 4.57. The zero-order chi connectivity index (χ0) is 21.8. The van der Waals surface area contributed by atoms with E-state index < -0.39 is 0 Å². The summed E-state index contributed by atoms with van der Waals surface area (Å²) < 4.78 is 24.3. The van der Waals surface area contributed by atoms with Gasteiger partial charge in [-0.3, -0.25) is 4.79 Å². The molecular weight excluding hydrogens is 393 g/mol. The standard InChI is InChI=1S/C26H28FNO3/c1-18(19-3-4-21-16-24(30-2)10-5-20(21)15-19)25(29)28-17-26(11-13-31-14-12-26)22-6-8-23(27)9-7-22/h3-10,15-16,18H,11-14,17H2,1-2H3,(H,28,29)/t18-/m0/s1. The minimum absolute atomic E-state index is 0.0131. The lowest BCUT2D eigenvalue weighted by Gasteiger charge is -2.38. The monoisotopic (exact) mass is 421 g/mol. The van der Waals surface area contributed by atoms with Crippen LogP contribution in [0.15, 0.2) is 60.7 Å². The topological polar surface area (TPSA) is 47.6 Å². The van der Waals surface area contributed by atoms with E-state index in [4.69, 9.17) is 9.47 Å². The number of hydrogen-bond donors (Lipinski definition) is 1. The Kier molecular flexibility index (Phi) is 6.23. The van der Waals surface area contributed by atoms with Gasteiger partial charge in [0.05, 0.1) is 13.0 Å². The van der Waals surface area contributed by atoms with Gasteiger partial charge in [0.1, 0.15) is 11.6 Å². The van der Waals surface area contributed by atoms with E-state index in [1.54, 1.807) is 7.11 Å². The van der Waals surface area contributed by atoms with Gasteiger partial charge >= 0.3 is 0 Å². The molecule has 1 amide bonds. The Bertz CT molecular complexity index is 1060. The molecule has 3 aromatic rings. The first kappa shape index (κ1) is 21.3. The van der Waals surface area contributed by atoms with Gasteiger partial charge in [0, 0.05) is 25.2 Å². The maximum atomic E-state index is 13.4. The molecule has 4 nitrogen and oxygen atoms in total. The lowest BCUT2D eigenvalue weighted by atomic mass is 9.74. The van der Waals surface area contributed by atoms with Gasteiger partial charge in [0.25, 0.3) is 0 Å². The summed E-state index contributed by atoms with van der Waals surface area (Å²) in [4.78, 5) is 13.0. The second kappa shape index (κ2) is 9.06. The van der Waals surface area contributed by atoms with Crippen LogP contribution in [0.1, 0.15) is 36.8 Å². The van der Waals surface area contributed by atoms with Crippen LogP contribution in [0.2, 0.25) is 0 Å². The predicted octanol–water partition coefficient (Wildman–Crippen LogP) is 4.96. The molecule has 4 rings (SSSR count). The molecule has 3 aromatic carbocycles. The average molecular weight is 422 g/mol. The second-order valence-corrected chi connectivity index (χ2v) is 8.31. The Morgan fingerprint density at radius 2 is 1.74 bits per heavy atom. The van der Waals surface area contributed by atoms with E-state index in [1.807, 2.05) is 49.4 Å². The van der Waals surface area contributed by atoms with Gasteiger partial charge in [0.2, 0.25) is 5.91 Å². The van der Waals surface area contributed by atoms with Gasteiger partial charge in [-0.2, -0.15) is 0 Å². The van der Waals surface area contributed by atoms with Gasteiger partial charge in [-0.1, -0.05) is 36.4 Å². The van der Waals surface area contributed by atoms with Crippen molar-refractivity contribution in [2.75, 3.05) is 26.9 Å². The third-order valence-corrected chi connectivity index (χ3v) is 6.47. The van der Waals surface area contributed by atoms with Crippen LogP contribution in [-0.4, -0.2) is 32.8 Å². The largest absolute Gasteiger partial charge is 0.497 e. The zero-order valence-corrected chi connectivity index (χ0v) is 18.0. The number of halogens is 1. The minimum Gasteiger partial charge on any atom is -0.497 e. The molecule has 0 aromatic heterocycles. The van der Waals surface area contributed by atoms with E-state index >= 15 is 0 Å². The lowest BCUT2D eigenvalue weighted by molar-refractivity contribution is -0.122. The van der Waals surface area contributed by atoms with Crippen LogP contribution in [-0.2, 0) is 14.9 Å². The molecule has 1 aliphatic heterocycles. The SMILES string of the molecule is COc1ccc2cc([C@H](C)C(=O)NCC3(c4ccc(F)cc4)CCOCC3)ccc2c1. The highest BCUT2D eigenvalue weighted by Crippen LogP contribution is 2.35. The van der Waals surface area contributed by atoms with Crippen LogP contribution in [0.3, 0.4) is 0 Å². The second-order valence-electron chi connectivity index (χ2n) is 8.31. The number of nitrogens with one attached hydrogen (secondary N) is 1. The van der Waals surface area contributed by atoms with E-state index in [0.717, 1.165) is 40.5 Å². The lowest BCUT2D eigenvalue weighted by Crippen LogP contribution is -2.45. The van der Waals surface area contributed by atoms with Crippen molar-refractivity contribution in [2.24, 2.45) is 0 Å². The van der Waals surface area contributed by atoms with Crippen molar-refractivity contribution in [3.8, 4) is 5.75 Å². The van der Waals surface area contributed by atoms with Crippen LogP contribution in [0.4, 0.5) is 4.39 Å². The van der Waals surface area contributed by atoms with Crippen LogP contribution in [0, 0.1) is 5.82 Å². The number of amides is 1. The Balaban J connectivity index is 1.49. The average Bonchev–Trinajstić information content (AvgIpc) is 2.82. The molecule has 162 valence electrons. The summed E-state index contributed by atoms with van der Waals surface area (Å²) >= 11 is 0. The van der Waals surface area contributed by atoms with Crippen molar-refractivity contribution < 1.29 is 18.7 Å². The molecule has 0 aliphatic carbocycles. The number of ether oxygens (including phenoxy) is 2. The summed E-state index contributed by atoms with van der Waals surface area (Å²) in [6, 6.07) is 18.6. The number of methoxy groups -OCH3 is 1. The number of carbonyl (C=O) groups is 1. The molecule has 1 saturated heterocycles. The van der Waals surface area contributed by atoms with E-state index in [2.05, 4.69) is 11.4 Å². The Morgan fingerprint density at radius 3 is 2.45 bits per heavy atom. The van der Waals surface area contributed by atoms with Crippen molar-refractivity contribution in [1.29, 1.82) is 0 Å². The zero-order valence-electron chi connectivity index (χ0n) is 18.0. The normalized spacial score (nSPS) is 16.6. The van der Waals surface area contributed by atoms with Gasteiger partial charge in [-0.05, 0) is 65.9 Å². The van der Waals surface area contributed by atoms with Gasteiger partial charge in [0.15, 0.2) is 0 Å². The fourth-order valence-electron chi connectivity index (χ4n) is 4.33. The highest BCUT2D eigenvalue weighted by molar-refractivity contribution is 5.88. The highest BCUT2D eigenvalue weighted by atomic mass is 19.1. The summed E-state index contributed by atoms with van der Waals surface area (Å²) in [5.41, 5.74) is 1.78. The Hall–Kier alpha value is -2.92. The van der Waals surface area contributed by atoms with Crippen LogP contribution in [0.25, 0.3) is 10.8 Å². The van der Waals surface area contributed by atoms with Crippen molar-refractivity contribution in [2.45, 2.75) is 31.1 Å². The molecule has 0 spiro atoms. The first-order chi connectivity index (χ1) is 15.0. The van der Waals surface area contributed by atoms with Crippen LogP contribution >= 0.6 is 0 Å². The maximum absolute atomic E-state index is 13.4. The molecule has 0 saturated carbocycles. The summed E-state index contributed by atoms with van der Waals surface area (Å²) in [5, 5.41) is 5.31. The third-order valence-electron chi connectivity index (χ3n) is 6.47. The molecule has 0 unspecified atom stereocenters. The molecule has 1 heterocycles. The molecule has 1 aliphatic rings. The molecule has 0 radical (unpaired) electrons. The van der Waals surface area contributed by atoms with Crippen LogP contribution < -0.4 is 10.1 Å². The van der Waals surface area contributed by atoms with Gasteiger partial charge in [-0.25, -0.2) is 4.39 Å². The quantitative estimate of drug-likeness (QED) is 0.612. The predicted molar refractivity (Wildman–Crippen MR) is 120 cm³/mol. The summed E-state index contributed by atoms with van der Waals surface area (Å²) in [7, 11) is 1.65. The highest BCUT2D eigenvalue weighted by Gasteiger charge is 2.35. The smallest absolute Gasteiger partial charge is 0.227 e. The number of carbonyl (C=O) groups excluding carboxylic acids is 1. The fourth-order valence-corrected chi connectivity index (χ4v) is 4.33. The summed E-state index contributed by atoms with van der Waals surface area (Å²) in [5.74, 6) is 0.267. The van der Waals surface area contributed by atoms with E-state index in [9.17, 15) is 9.18 Å². The number of benzene rings is 3. The molecule has 5 heteroatoms. The molecule has 1 N–H and O–H groups in total. The Labute approximate surface area is 182 Å². The summed E-state index contributed by atoms with van der Waals surface area (Å²) in [6.07, 6.45) is 1.59. The molecule has 1 fully saturated rings. The first-order valence-corrected chi connectivity index (χ1v) is 10.7. The molecule has 0 bridgehead atoms. The van der Waals surface area contributed by atoms with E-state index in [-0.39, 0.29) is 23.1 Å². The van der Waals surface area contributed by atoms with Crippen molar-refractivity contribution in [3.63, 3.8) is 0 Å². The minimum atomic E-state index is -0.281. The number of hydrogen-bond acceptors (Lipinski definition) is 3. The van der Waals surface area contributed by atoms with Crippen LogP contribution in [0.5, 0.6) is 5.75 Å². The Morgan fingerprint density at radius 1 is 1.06 bits per heavy atom. The van der Waals surface area contributed by atoms with Gasteiger partial charge in [-0.15, -0.1) is 0 Å². The maximum Gasteiger partial charge on any atom is 0.227 e. The van der Waals surface area contributed by atoms with E-state index in [1.165, 1.54) is 12.1 Å². The fraction of sp³-hybridized carbons (Fsp3) is 0.346. The van der Waals surface area contributed by atoms with E-state index in [0.29, 0.717) is 19.8 Å².